The van der Waals surface area contributed by atoms with Gasteiger partial charge in [0.05, 0.1) is 0 Å². The van der Waals surface area contributed by atoms with Gasteiger partial charge in [0.2, 0.25) is 0 Å². The van der Waals surface area contributed by atoms with Gasteiger partial charge in [0.1, 0.15) is 0 Å². The van der Waals surface area contributed by atoms with E-state index >= 15 is 0 Å². The van der Waals surface area contributed by atoms with Crippen LogP contribution in [0.2, 0.25) is 0 Å². The molecule has 0 saturated heterocycles. The molecule has 19 heavy (non-hydrogen) atoms. The maximum Gasteiger partial charge on any atom is 0.317 e. The number of carbonyl (C=O) groups excluding carboxylic acids is 1. The Balaban J connectivity index is 1.87. The van der Waals surface area contributed by atoms with Gasteiger partial charge in [0.25, 0.3) is 0 Å². The number of hydrogen-bond acceptors (Lipinski definition) is 1. The van der Waals surface area contributed by atoms with Crippen molar-refractivity contribution in [1.82, 2.24) is 10.2 Å². The van der Waals surface area contributed by atoms with Gasteiger partial charge in [-0.1, -0.05) is 53.4 Å². The van der Waals surface area contributed by atoms with Gasteiger partial charge in [-0.05, 0) is 24.5 Å². The van der Waals surface area contributed by atoms with E-state index in [0.29, 0.717) is 12.6 Å². The minimum atomic E-state index is 0.0302. The summed E-state index contributed by atoms with van der Waals surface area (Å²) in [6.07, 6.45) is 6.01. The van der Waals surface area contributed by atoms with Crippen LogP contribution in [0.3, 0.4) is 0 Å². The number of urea groups is 1. The first-order chi connectivity index (χ1) is 9.16. The van der Waals surface area contributed by atoms with Crippen molar-refractivity contribution in [2.45, 2.75) is 44.7 Å². The summed E-state index contributed by atoms with van der Waals surface area (Å²) in [5, 5.41) is 3.13. The Morgan fingerprint density at radius 1 is 1.32 bits per heavy atom. The van der Waals surface area contributed by atoms with Crippen LogP contribution in [0.4, 0.5) is 4.79 Å². The van der Waals surface area contributed by atoms with Gasteiger partial charge in [-0.25, -0.2) is 4.79 Å². The maximum atomic E-state index is 12.1. The fraction of sp³-hybridized carbons (Fsp3) is 0.533. The Kier molecular flexibility index (Phi) is 5.25. The molecule has 0 spiro atoms. The Labute approximate surface area is 123 Å². The highest BCUT2D eigenvalue weighted by molar-refractivity contribution is 9.10. The minimum Gasteiger partial charge on any atom is -0.335 e. The topological polar surface area (TPSA) is 32.3 Å². The molecule has 3 nitrogen and oxygen atoms in total. The molecule has 1 aliphatic rings. The summed E-state index contributed by atoms with van der Waals surface area (Å²) in [4.78, 5) is 13.9. The van der Waals surface area contributed by atoms with Gasteiger partial charge in [-0.15, -0.1) is 0 Å². The molecule has 104 valence electrons. The standard InChI is InChI=1S/C15H21BrN2O/c1-18(11-12-7-5-6-10-14(12)16)15(19)17-13-8-3-2-4-9-13/h5-7,10,13H,2-4,8-9,11H2,1H3,(H,17,19). The molecule has 0 heterocycles. The summed E-state index contributed by atoms with van der Waals surface area (Å²) < 4.78 is 1.05. The van der Waals surface area contributed by atoms with Crippen LogP contribution in [0.1, 0.15) is 37.7 Å². The van der Waals surface area contributed by atoms with E-state index in [2.05, 4.69) is 21.2 Å². The van der Waals surface area contributed by atoms with Crippen molar-refractivity contribution >= 4 is 22.0 Å². The molecule has 1 fully saturated rings. The summed E-state index contributed by atoms with van der Waals surface area (Å²) in [7, 11) is 1.84. The number of halogens is 1. The van der Waals surface area contributed by atoms with Crippen molar-refractivity contribution in [3.8, 4) is 0 Å². The predicted molar refractivity (Wildman–Crippen MR) is 81.0 cm³/mol. The van der Waals surface area contributed by atoms with Gasteiger partial charge < -0.3 is 10.2 Å². The number of nitrogens with zero attached hydrogens (tertiary/aromatic N) is 1. The summed E-state index contributed by atoms with van der Waals surface area (Å²) in [5.41, 5.74) is 1.13. The average Bonchev–Trinajstić information content (AvgIpc) is 2.42. The highest BCUT2D eigenvalue weighted by atomic mass is 79.9. The molecule has 2 rings (SSSR count). The van der Waals surface area contributed by atoms with E-state index in [0.717, 1.165) is 22.9 Å². The van der Waals surface area contributed by atoms with Gasteiger partial charge in [-0.3, -0.25) is 0 Å². The minimum absolute atomic E-state index is 0.0302. The van der Waals surface area contributed by atoms with Crippen LogP contribution in [0, 0.1) is 0 Å². The fourth-order valence-corrected chi connectivity index (χ4v) is 2.90. The first kappa shape index (κ1) is 14.4. The van der Waals surface area contributed by atoms with Crippen molar-refractivity contribution < 1.29 is 4.79 Å². The number of nitrogens with one attached hydrogen (secondary N) is 1. The summed E-state index contributed by atoms with van der Waals surface area (Å²) >= 11 is 3.51. The number of carbonyl (C=O) groups is 1. The lowest BCUT2D eigenvalue weighted by atomic mass is 9.96. The molecule has 0 atom stereocenters. The molecule has 2 amide bonds. The lowest BCUT2D eigenvalue weighted by molar-refractivity contribution is 0.198. The quantitative estimate of drug-likeness (QED) is 0.897. The zero-order valence-corrected chi connectivity index (χ0v) is 12.9. The third-order valence-electron chi connectivity index (χ3n) is 3.64. The van der Waals surface area contributed by atoms with Crippen molar-refractivity contribution in [2.24, 2.45) is 0 Å². The van der Waals surface area contributed by atoms with E-state index in [1.54, 1.807) is 4.90 Å². The molecule has 1 N–H and O–H groups in total. The van der Waals surface area contributed by atoms with Gasteiger partial charge >= 0.3 is 6.03 Å². The summed E-state index contributed by atoms with van der Waals surface area (Å²) in [6, 6.07) is 8.41. The highest BCUT2D eigenvalue weighted by Gasteiger charge is 2.18. The SMILES string of the molecule is CN(Cc1ccccc1Br)C(=O)NC1CCCCC1. The van der Waals surface area contributed by atoms with Gasteiger partial charge in [0.15, 0.2) is 0 Å². The monoisotopic (exact) mass is 324 g/mol. The van der Waals surface area contributed by atoms with E-state index < -0.39 is 0 Å². The van der Waals surface area contributed by atoms with Crippen LogP contribution < -0.4 is 5.32 Å². The Morgan fingerprint density at radius 3 is 2.68 bits per heavy atom. The fourth-order valence-electron chi connectivity index (χ4n) is 2.49. The van der Waals surface area contributed by atoms with E-state index in [4.69, 9.17) is 0 Å². The Morgan fingerprint density at radius 2 is 2.00 bits per heavy atom. The third kappa shape index (κ3) is 4.23. The van der Waals surface area contributed by atoms with Crippen molar-refractivity contribution in [1.29, 1.82) is 0 Å². The van der Waals surface area contributed by atoms with Crippen LogP contribution in [0.25, 0.3) is 0 Å². The second kappa shape index (κ2) is 6.94. The molecular weight excluding hydrogens is 304 g/mol. The number of benzene rings is 1. The zero-order valence-electron chi connectivity index (χ0n) is 11.4. The molecule has 1 saturated carbocycles. The first-order valence-corrected chi connectivity index (χ1v) is 7.71. The molecule has 0 aliphatic heterocycles. The number of amides is 2. The van der Waals surface area contributed by atoms with Crippen LogP contribution in [0.5, 0.6) is 0 Å². The lowest BCUT2D eigenvalue weighted by Gasteiger charge is -2.26. The van der Waals surface area contributed by atoms with Crippen LogP contribution in [-0.4, -0.2) is 24.0 Å². The lowest BCUT2D eigenvalue weighted by Crippen LogP contribution is -2.43. The molecule has 4 heteroatoms. The van der Waals surface area contributed by atoms with Crippen molar-refractivity contribution in [3.63, 3.8) is 0 Å². The third-order valence-corrected chi connectivity index (χ3v) is 4.42. The van der Waals surface area contributed by atoms with Crippen LogP contribution in [0.15, 0.2) is 28.7 Å². The van der Waals surface area contributed by atoms with Gasteiger partial charge in [0, 0.05) is 24.1 Å². The van der Waals surface area contributed by atoms with Crippen LogP contribution >= 0.6 is 15.9 Å². The summed E-state index contributed by atoms with van der Waals surface area (Å²) in [5.74, 6) is 0. The van der Waals surface area contributed by atoms with E-state index in [9.17, 15) is 4.79 Å². The highest BCUT2D eigenvalue weighted by Crippen LogP contribution is 2.19. The largest absolute Gasteiger partial charge is 0.335 e. The normalized spacial score (nSPS) is 16.1. The average molecular weight is 325 g/mol. The predicted octanol–water partition coefficient (Wildman–Crippen LogP) is 3.92. The number of rotatable bonds is 3. The van der Waals surface area contributed by atoms with Crippen molar-refractivity contribution in [2.75, 3.05) is 7.05 Å². The molecule has 1 aromatic rings. The Hall–Kier alpha value is -1.03. The zero-order chi connectivity index (χ0) is 13.7. The molecule has 0 bridgehead atoms. The first-order valence-electron chi connectivity index (χ1n) is 6.92. The molecule has 0 unspecified atom stereocenters. The van der Waals surface area contributed by atoms with Crippen LogP contribution in [-0.2, 0) is 6.54 Å². The molecule has 0 radical (unpaired) electrons. The van der Waals surface area contributed by atoms with E-state index in [1.807, 2.05) is 31.3 Å². The van der Waals surface area contributed by atoms with Gasteiger partial charge in [-0.2, -0.15) is 0 Å². The molecule has 0 aromatic heterocycles. The van der Waals surface area contributed by atoms with E-state index in [1.165, 1.54) is 19.3 Å². The maximum absolute atomic E-state index is 12.1. The molecule has 1 aromatic carbocycles. The molecule has 1 aliphatic carbocycles. The van der Waals surface area contributed by atoms with E-state index in [-0.39, 0.29) is 6.03 Å². The van der Waals surface area contributed by atoms with Crippen molar-refractivity contribution in [3.05, 3.63) is 34.3 Å². The smallest absolute Gasteiger partial charge is 0.317 e. The summed E-state index contributed by atoms with van der Waals surface area (Å²) in [6.45, 7) is 0.625. The molecular formula is C15H21BrN2O. The Bertz CT molecular complexity index is 430. The number of hydrogen-bond donors (Lipinski definition) is 1. The second-order valence-electron chi connectivity index (χ2n) is 5.23. The second-order valence-corrected chi connectivity index (χ2v) is 6.09.